The highest BCUT2D eigenvalue weighted by atomic mass is 32.1. The van der Waals surface area contributed by atoms with Gasteiger partial charge >= 0.3 is 5.97 Å². The van der Waals surface area contributed by atoms with Gasteiger partial charge in [0.05, 0.1) is 18.9 Å². The zero-order valence-electron chi connectivity index (χ0n) is 13.3. The number of carbonyl (C=O) groups is 1. The van der Waals surface area contributed by atoms with Crippen LogP contribution in [0.3, 0.4) is 0 Å². The number of hydrazone groups is 1. The number of nitrogens with zero attached hydrogens (tertiary/aromatic N) is 1. The van der Waals surface area contributed by atoms with Crippen molar-refractivity contribution in [1.29, 1.82) is 0 Å². The molecule has 0 saturated heterocycles. The summed E-state index contributed by atoms with van der Waals surface area (Å²) in [6.07, 6.45) is 1.52. The summed E-state index contributed by atoms with van der Waals surface area (Å²) in [5.41, 5.74) is 9.92. The second kappa shape index (κ2) is 8.07. The van der Waals surface area contributed by atoms with Gasteiger partial charge in [-0.25, -0.2) is 4.79 Å². The highest BCUT2D eigenvalue weighted by Gasteiger charge is 2.12. The molecule has 124 valence electrons. The van der Waals surface area contributed by atoms with Crippen molar-refractivity contribution in [2.75, 3.05) is 7.11 Å². The smallest absolute Gasteiger partial charge is 0.343 e. The zero-order chi connectivity index (χ0) is 17.5. The van der Waals surface area contributed by atoms with Gasteiger partial charge in [0.2, 0.25) is 0 Å². The molecule has 0 aliphatic heterocycles. The van der Waals surface area contributed by atoms with Gasteiger partial charge in [0.1, 0.15) is 0 Å². The van der Waals surface area contributed by atoms with E-state index in [1.807, 2.05) is 13.0 Å². The van der Waals surface area contributed by atoms with Crippen molar-refractivity contribution in [3.05, 3.63) is 59.2 Å². The van der Waals surface area contributed by atoms with Gasteiger partial charge in [-0.05, 0) is 55.0 Å². The molecule has 6 nitrogen and oxygen atoms in total. The summed E-state index contributed by atoms with van der Waals surface area (Å²) in [6.45, 7) is 1.91. The maximum Gasteiger partial charge on any atom is 0.343 e. The third kappa shape index (κ3) is 4.79. The van der Waals surface area contributed by atoms with Gasteiger partial charge in [-0.1, -0.05) is 17.7 Å². The first-order chi connectivity index (χ1) is 11.5. The van der Waals surface area contributed by atoms with Gasteiger partial charge in [0.15, 0.2) is 16.6 Å². The summed E-state index contributed by atoms with van der Waals surface area (Å²) in [7, 11) is 1.49. The maximum atomic E-state index is 12.2. The third-order valence-corrected chi connectivity index (χ3v) is 3.12. The lowest BCUT2D eigenvalue weighted by Crippen LogP contribution is -2.23. The molecule has 0 heterocycles. The second-order valence-corrected chi connectivity index (χ2v) is 5.34. The number of aryl methyl sites for hydroxylation is 1. The summed E-state index contributed by atoms with van der Waals surface area (Å²) >= 11 is 4.65. The number of rotatable bonds is 5. The van der Waals surface area contributed by atoms with E-state index >= 15 is 0 Å². The molecule has 0 atom stereocenters. The highest BCUT2D eigenvalue weighted by molar-refractivity contribution is 7.80. The van der Waals surface area contributed by atoms with Crippen LogP contribution in [0.15, 0.2) is 47.6 Å². The van der Waals surface area contributed by atoms with Crippen molar-refractivity contribution in [2.45, 2.75) is 6.92 Å². The van der Waals surface area contributed by atoms with E-state index in [9.17, 15) is 4.79 Å². The molecule has 3 N–H and O–H groups in total. The summed E-state index contributed by atoms with van der Waals surface area (Å²) in [5, 5.41) is 3.93. The van der Waals surface area contributed by atoms with Crippen molar-refractivity contribution in [3.63, 3.8) is 0 Å². The van der Waals surface area contributed by atoms with E-state index in [-0.39, 0.29) is 5.11 Å². The van der Waals surface area contributed by atoms with E-state index in [1.54, 1.807) is 36.4 Å². The molecule has 0 spiro atoms. The van der Waals surface area contributed by atoms with Crippen LogP contribution < -0.4 is 20.6 Å². The minimum atomic E-state index is -0.450. The van der Waals surface area contributed by atoms with E-state index < -0.39 is 5.97 Å². The summed E-state index contributed by atoms with van der Waals surface area (Å²) in [4.78, 5) is 12.2. The maximum absolute atomic E-state index is 12.2. The summed E-state index contributed by atoms with van der Waals surface area (Å²) in [6, 6.07) is 12.2. The van der Waals surface area contributed by atoms with Gasteiger partial charge in [-0.15, -0.1) is 0 Å². The predicted molar refractivity (Wildman–Crippen MR) is 96.6 cm³/mol. The van der Waals surface area contributed by atoms with Crippen molar-refractivity contribution >= 4 is 29.5 Å². The van der Waals surface area contributed by atoms with Crippen LogP contribution in [0.1, 0.15) is 21.5 Å². The Labute approximate surface area is 145 Å². The van der Waals surface area contributed by atoms with Crippen LogP contribution in [0.4, 0.5) is 0 Å². The Balaban J connectivity index is 2.17. The van der Waals surface area contributed by atoms with Crippen LogP contribution in [-0.2, 0) is 0 Å². The van der Waals surface area contributed by atoms with Crippen molar-refractivity contribution in [2.24, 2.45) is 10.8 Å². The molecule has 24 heavy (non-hydrogen) atoms. The molecular formula is C17H17N3O3S. The number of methoxy groups -OCH3 is 1. The molecule has 7 heteroatoms. The fourth-order valence-corrected chi connectivity index (χ4v) is 2.00. The molecule has 0 fully saturated rings. The van der Waals surface area contributed by atoms with Crippen molar-refractivity contribution in [3.8, 4) is 11.5 Å². The molecule has 0 aliphatic rings. The lowest BCUT2D eigenvalue weighted by Gasteiger charge is -2.10. The standard InChI is InChI=1S/C17H17N3O3S/c1-11-4-3-5-13(8-11)16(21)23-14-7-6-12(9-15(14)22-2)10-19-20-17(18)24/h3-10H,1-2H3,(H3,18,20,24). The molecule has 0 radical (unpaired) electrons. The van der Waals surface area contributed by atoms with Crippen molar-refractivity contribution in [1.82, 2.24) is 5.43 Å². The number of nitrogens with two attached hydrogens (primary N) is 1. The fraction of sp³-hybridized carbons (Fsp3) is 0.118. The zero-order valence-corrected chi connectivity index (χ0v) is 14.1. The highest BCUT2D eigenvalue weighted by Crippen LogP contribution is 2.28. The average molecular weight is 343 g/mol. The quantitative estimate of drug-likeness (QED) is 0.285. The Morgan fingerprint density at radius 3 is 2.71 bits per heavy atom. The SMILES string of the molecule is COc1cc(C=NNC(N)=S)ccc1OC(=O)c1cccc(C)c1. The first-order valence-electron chi connectivity index (χ1n) is 7.05. The molecule has 2 aromatic carbocycles. The second-order valence-electron chi connectivity index (χ2n) is 4.90. The minimum Gasteiger partial charge on any atom is -0.493 e. The Hall–Kier alpha value is -2.93. The number of thiocarbonyl (C=S) groups is 1. The molecular weight excluding hydrogens is 326 g/mol. The average Bonchev–Trinajstić information content (AvgIpc) is 2.55. The van der Waals surface area contributed by atoms with Crippen LogP contribution in [0, 0.1) is 6.92 Å². The van der Waals surface area contributed by atoms with E-state index in [0.29, 0.717) is 17.1 Å². The molecule has 0 aliphatic carbocycles. The number of benzene rings is 2. The Morgan fingerprint density at radius 1 is 1.25 bits per heavy atom. The van der Waals surface area contributed by atoms with Crippen LogP contribution in [-0.4, -0.2) is 24.4 Å². The fourth-order valence-electron chi connectivity index (χ4n) is 1.95. The topological polar surface area (TPSA) is 85.9 Å². The van der Waals surface area contributed by atoms with Crippen LogP contribution >= 0.6 is 12.2 Å². The van der Waals surface area contributed by atoms with Gasteiger partial charge < -0.3 is 15.2 Å². The molecule has 0 unspecified atom stereocenters. The lowest BCUT2D eigenvalue weighted by atomic mass is 10.1. The molecule has 0 bridgehead atoms. The molecule has 2 rings (SSSR count). The van der Waals surface area contributed by atoms with Crippen LogP contribution in [0.2, 0.25) is 0 Å². The molecule has 0 amide bonds. The number of esters is 1. The van der Waals surface area contributed by atoms with Crippen molar-refractivity contribution < 1.29 is 14.3 Å². The lowest BCUT2D eigenvalue weighted by molar-refractivity contribution is 0.0729. The first-order valence-corrected chi connectivity index (χ1v) is 7.46. The molecule has 0 saturated carbocycles. The largest absolute Gasteiger partial charge is 0.493 e. The number of hydrogen-bond donors (Lipinski definition) is 2. The predicted octanol–water partition coefficient (Wildman–Crippen LogP) is 2.39. The number of hydrogen-bond acceptors (Lipinski definition) is 5. The Morgan fingerprint density at radius 2 is 2.04 bits per heavy atom. The molecule has 2 aromatic rings. The first kappa shape index (κ1) is 17.4. The Bertz CT molecular complexity index is 790. The van der Waals surface area contributed by atoms with E-state index in [0.717, 1.165) is 11.1 Å². The minimum absolute atomic E-state index is 0.0712. The van der Waals surface area contributed by atoms with Gasteiger partial charge in [0.25, 0.3) is 0 Å². The van der Waals surface area contributed by atoms with Crippen LogP contribution in [0.5, 0.6) is 11.5 Å². The van der Waals surface area contributed by atoms with Gasteiger partial charge in [0, 0.05) is 0 Å². The van der Waals surface area contributed by atoms with E-state index in [1.165, 1.54) is 13.3 Å². The summed E-state index contributed by atoms with van der Waals surface area (Å²) < 4.78 is 10.7. The number of ether oxygens (including phenoxy) is 2. The normalized spacial score (nSPS) is 10.4. The molecule has 0 aromatic heterocycles. The van der Waals surface area contributed by atoms with Gasteiger partial charge in [-0.2, -0.15) is 5.10 Å². The number of carbonyl (C=O) groups excluding carboxylic acids is 1. The monoisotopic (exact) mass is 343 g/mol. The van der Waals surface area contributed by atoms with E-state index in [2.05, 4.69) is 22.7 Å². The van der Waals surface area contributed by atoms with Crippen LogP contribution in [0.25, 0.3) is 0 Å². The van der Waals surface area contributed by atoms with Gasteiger partial charge in [-0.3, -0.25) is 5.43 Å². The third-order valence-electron chi connectivity index (χ3n) is 3.03. The van der Waals surface area contributed by atoms with E-state index in [4.69, 9.17) is 15.2 Å². The number of nitrogens with one attached hydrogen (secondary N) is 1. The summed E-state index contributed by atoms with van der Waals surface area (Å²) in [5.74, 6) is 0.285. The Kier molecular flexibility index (Phi) is 5.86.